The van der Waals surface area contributed by atoms with Gasteiger partial charge in [-0.2, -0.15) is 0 Å². The van der Waals surface area contributed by atoms with Crippen LogP contribution in [0.2, 0.25) is 0 Å². The van der Waals surface area contributed by atoms with Crippen molar-refractivity contribution in [2.24, 2.45) is 5.41 Å². The topological polar surface area (TPSA) is 12.0 Å². The predicted molar refractivity (Wildman–Crippen MR) is 81.0 cm³/mol. The first-order valence-electron chi connectivity index (χ1n) is 7.33. The maximum atomic E-state index is 13.0. The normalized spacial score (nSPS) is 13.6. The van der Waals surface area contributed by atoms with Crippen LogP contribution in [0.5, 0.6) is 0 Å². The molecular weight excluding hydrogens is 237 g/mol. The van der Waals surface area contributed by atoms with E-state index in [0.717, 1.165) is 31.4 Å². The Hall–Kier alpha value is -0.890. The summed E-state index contributed by atoms with van der Waals surface area (Å²) < 4.78 is 13.0. The fraction of sp³-hybridized carbons (Fsp3) is 0.647. The number of aryl methyl sites for hydroxylation is 2. The van der Waals surface area contributed by atoms with Crippen molar-refractivity contribution < 1.29 is 4.39 Å². The zero-order chi connectivity index (χ0) is 14.5. The lowest BCUT2D eigenvalue weighted by Gasteiger charge is -2.31. The molecule has 0 aliphatic carbocycles. The summed E-state index contributed by atoms with van der Waals surface area (Å²) >= 11 is 0. The Morgan fingerprint density at radius 3 is 2.47 bits per heavy atom. The maximum absolute atomic E-state index is 13.0. The van der Waals surface area contributed by atoms with Crippen molar-refractivity contribution >= 4 is 0 Å². The molecule has 0 spiro atoms. The molecule has 0 aromatic heterocycles. The van der Waals surface area contributed by atoms with Crippen molar-refractivity contribution in [1.29, 1.82) is 0 Å². The first kappa shape index (κ1) is 16.2. The Labute approximate surface area is 117 Å². The van der Waals surface area contributed by atoms with Crippen LogP contribution in [-0.2, 0) is 6.42 Å². The first-order chi connectivity index (χ1) is 8.84. The number of rotatable bonds is 6. The van der Waals surface area contributed by atoms with Crippen LogP contribution in [0.3, 0.4) is 0 Å². The van der Waals surface area contributed by atoms with Crippen molar-refractivity contribution in [3.63, 3.8) is 0 Å². The molecule has 1 atom stereocenters. The van der Waals surface area contributed by atoms with Crippen LogP contribution in [0.25, 0.3) is 0 Å². The Kier molecular flexibility index (Phi) is 5.99. The van der Waals surface area contributed by atoms with Crippen LogP contribution in [-0.4, -0.2) is 12.6 Å². The number of nitrogens with one attached hydrogen (secondary N) is 1. The van der Waals surface area contributed by atoms with E-state index in [2.05, 4.69) is 33.0 Å². The third-order valence-electron chi connectivity index (χ3n) is 3.74. The van der Waals surface area contributed by atoms with Gasteiger partial charge in [0.15, 0.2) is 0 Å². The Balaban J connectivity index is 2.52. The summed E-state index contributed by atoms with van der Waals surface area (Å²) in [6, 6.07) is 5.65. The number of hydrogen-bond donors (Lipinski definition) is 1. The van der Waals surface area contributed by atoms with E-state index < -0.39 is 0 Å². The Bertz CT molecular complexity index is 393. The van der Waals surface area contributed by atoms with E-state index in [4.69, 9.17) is 0 Å². The molecule has 108 valence electrons. The summed E-state index contributed by atoms with van der Waals surface area (Å²) in [7, 11) is 0. The molecule has 1 unspecified atom stereocenters. The van der Waals surface area contributed by atoms with Crippen molar-refractivity contribution in [2.75, 3.05) is 6.54 Å². The van der Waals surface area contributed by atoms with Crippen molar-refractivity contribution in [2.45, 2.75) is 59.9 Å². The van der Waals surface area contributed by atoms with Gasteiger partial charge in [-0.15, -0.1) is 0 Å². The van der Waals surface area contributed by atoms with Gasteiger partial charge in [-0.3, -0.25) is 0 Å². The zero-order valence-corrected chi connectivity index (χ0v) is 13.0. The average Bonchev–Trinajstić information content (AvgIpc) is 2.29. The minimum absolute atomic E-state index is 0.138. The second kappa shape index (κ2) is 7.04. The quantitative estimate of drug-likeness (QED) is 0.799. The molecule has 1 nitrogen and oxygen atoms in total. The lowest BCUT2D eigenvalue weighted by molar-refractivity contribution is 0.254. The zero-order valence-electron chi connectivity index (χ0n) is 13.0. The molecule has 1 aromatic carbocycles. The largest absolute Gasteiger partial charge is 0.314 e. The molecule has 0 saturated carbocycles. The van der Waals surface area contributed by atoms with Gasteiger partial charge in [-0.1, -0.05) is 33.8 Å². The van der Waals surface area contributed by atoms with Crippen molar-refractivity contribution in [3.05, 3.63) is 35.1 Å². The van der Waals surface area contributed by atoms with E-state index >= 15 is 0 Å². The second-order valence-corrected chi connectivity index (χ2v) is 6.44. The lowest BCUT2D eigenvalue weighted by atomic mass is 9.83. The molecule has 0 saturated heterocycles. The highest BCUT2D eigenvalue weighted by Gasteiger charge is 2.22. The highest BCUT2D eigenvalue weighted by molar-refractivity contribution is 5.26. The van der Waals surface area contributed by atoms with Crippen LogP contribution in [0.1, 0.15) is 51.7 Å². The smallest absolute Gasteiger partial charge is 0.123 e. The van der Waals surface area contributed by atoms with E-state index in [1.807, 2.05) is 13.0 Å². The number of benzene rings is 1. The van der Waals surface area contributed by atoms with E-state index in [0.29, 0.717) is 6.04 Å². The van der Waals surface area contributed by atoms with Crippen molar-refractivity contribution in [3.8, 4) is 0 Å². The molecule has 0 bridgehead atoms. The molecule has 0 aliphatic heterocycles. The van der Waals surface area contributed by atoms with E-state index in [9.17, 15) is 4.39 Å². The van der Waals surface area contributed by atoms with Crippen molar-refractivity contribution in [1.82, 2.24) is 5.32 Å². The Morgan fingerprint density at radius 2 is 1.95 bits per heavy atom. The van der Waals surface area contributed by atoms with Gasteiger partial charge >= 0.3 is 0 Å². The molecule has 1 rings (SSSR count). The monoisotopic (exact) mass is 265 g/mol. The minimum atomic E-state index is -0.138. The molecule has 1 aromatic rings. The highest BCUT2D eigenvalue weighted by atomic mass is 19.1. The van der Waals surface area contributed by atoms with Gasteiger partial charge in [0.2, 0.25) is 0 Å². The summed E-state index contributed by atoms with van der Waals surface area (Å²) in [5.41, 5.74) is 2.62. The van der Waals surface area contributed by atoms with Gasteiger partial charge < -0.3 is 5.32 Å². The summed E-state index contributed by atoms with van der Waals surface area (Å²) in [4.78, 5) is 0. The van der Waals surface area contributed by atoms with Gasteiger partial charge in [0.05, 0.1) is 0 Å². The predicted octanol–water partition coefficient (Wildman–Crippen LogP) is 4.48. The molecule has 0 aliphatic rings. The van der Waals surface area contributed by atoms with Gasteiger partial charge in [-0.25, -0.2) is 4.39 Å². The van der Waals surface area contributed by atoms with Crippen LogP contribution < -0.4 is 5.32 Å². The van der Waals surface area contributed by atoms with Gasteiger partial charge in [0, 0.05) is 6.04 Å². The van der Waals surface area contributed by atoms with Crippen LogP contribution >= 0.6 is 0 Å². The van der Waals surface area contributed by atoms with E-state index in [1.165, 1.54) is 5.56 Å². The van der Waals surface area contributed by atoms with E-state index in [1.54, 1.807) is 12.1 Å². The third kappa shape index (κ3) is 5.32. The minimum Gasteiger partial charge on any atom is -0.314 e. The lowest BCUT2D eigenvalue weighted by Crippen LogP contribution is -2.40. The summed E-state index contributed by atoms with van der Waals surface area (Å²) in [6.07, 6.45) is 3.33. The van der Waals surface area contributed by atoms with Gasteiger partial charge in [0.1, 0.15) is 5.82 Å². The van der Waals surface area contributed by atoms with Crippen LogP contribution in [0.4, 0.5) is 4.39 Å². The first-order valence-corrected chi connectivity index (χ1v) is 7.33. The molecule has 0 heterocycles. The fourth-order valence-corrected chi connectivity index (χ4v) is 2.52. The molecule has 2 heteroatoms. The number of hydrogen-bond acceptors (Lipinski definition) is 1. The molecule has 0 radical (unpaired) electrons. The van der Waals surface area contributed by atoms with Gasteiger partial charge in [0.25, 0.3) is 0 Å². The van der Waals surface area contributed by atoms with Crippen LogP contribution in [0, 0.1) is 18.2 Å². The summed E-state index contributed by atoms with van der Waals surface area (Å²) in [6.45, 7) is 12.0. The second-order valence-electron chi connectivity index (χ2n) is 6.44. The SMILES string of the molecule is CCNC(CCCc1ccc(F)cc1C)C(C)(C)C. The molecule has 0 fully saturated rings. The van der Waals surface area contributed by atoms with Gasteiger partial charge in [-0.05, 0) is 61.4 Å². The standard InChI is InChI=1S/C17H28FN/c1-6-19-16(17(3,4)5)9-7-8-14-10-11-15(18)12-13(14)2/h10-12,16,19H,6-9H2,1-5H3. The molecule has 0 amide bonds. The third-order valence-corrected chi connectivity index (χ3v) is 3.74. The van der Waals surface area contributed by atoms with Crippen LogP contribution in [0.15, 0.2) is 18.2 Å². The molecular formula is C17H28FN. The summed E-state index contributed by atoms with van der Waals surface area (Å²) in [5, 5.41) is 3.57. The Morgan fingerprint density at radius 1 is 1.26 bits per heavy atom. The molecule has 1 N–H and O–H groups in total. The van der Waals surface area contributed by atoms with E-state index in [-0.39, 0.29) is 11.2 Å². The molecule has 19 heavy (non-hydrogen) atoms. The highest BCUT2D eigenvalue weighted by Crippen LogP contribution is 2.24. The average molecular weight is 265 g/mol. The maximum Gasteiger partial charge on any atom is 0.123 e. The number of halogens is 1. The summed E-state index contributed by atoms with van der Waals surface area (Å²) in [5.74, 6) is -0.138. The fourth-order valence-electron chi connectivity index (χ4n) is 2.52.